The molecule has 17 heavy (non-hydrogen) atoms. The molecule has 1 rings (SSSR count). The first-order valence-electron chi connectivity index (χ1n) is 3.92. The number of nitrogens with zero attached hydrogens (tertiary/aromatic N) is 1. The molecule has 0 radical (unpaired) electrons. The van der Waals surface area contributed by atoms with Crippen LogP contribution in [0.3, 0.4) is 0 Å². The van der Waals surface area contributed by atoms with E-state index in [-0.39, 0.29) is 4.90 Å². The first kappa shape index (κ1) is 14.0. The Morgan fingerprint density at radius 3 is 2.47 bits per heavy atom. The first-order chi connectivity index (χ1) is 7.75. The molecular weight excluding hydrogens is 296 g/mol. The van der Waals surface area contributed by atoms with Crippen molar-refractivity contribution in [1.82, 2.24) is 0 Å². The highest BCUT2D eigenvalue weighted by atomic mass is 35.7. The van der Waals surface area contributed by atoms with Crippen molar-refractivity contribution in [3.05, 3.63) is 17.7 Å². The van der Waals surface area contributed by atoms with Gasteiger partial charge in [-0.2, -0.15) is 14.0 Å². The van der Waals surface area contributed by atoms with Crippen LogP contribution in [0, 0.1) is 11.3 Å². The zero-order valence-electron chi connectivity index (χ0n) is 7.89. The summed E-state index contributed by atoms with van der Waals surface area (Å²) in [5.41, 5.74) is -0.395. The highest BCUT2D eigenvalue weighted by Crippen LogP contribution is 2.31. The molecule has 0 bridgehead atoms. The molecule has 0 atom stereocenters. The van der Waals surface area contributed by atoms with Gasteiger partial charge in [0.25, 0.3) is 9.05 Å². The van der Waals surface area contributed by atoms with Crippen LogP contribution < -0.4 is 4.74 Å². The Kier molecular flexibility index (Phi) is 4.19. The lowest BCUT2D eigenvalue weighted by molar-refractivity contribution is -0.0516. The Bertz CT molecular complexity index is 583. The summed E-state index contributed by atoms with van der Waals surface area (Å²) in [5.74, 6) is -0.399. The van der Waals surface area contributed by atoms with E-state index in [4.69, 9.17) is 15.9 Å². The number of ether oxygens (including phenoxy) is 1. The Hall–Kier alpha value is -1.04. The minimum atomic E-state index is -4.16. The van der Waals surface area contributed by atoms with Crippen molar-refractivity contribution < 1.29 is 21.9 Å². The zero-order valence-corrected chi connectivity index (χ0v) is 10.4. The largest absolute Gasteiger partial charge is 0.434 e. The van der Waals surface area contributed by atoms with Gasteiger partial charge in [-0.15, -0.1) is 12.6 Å². The van der Waals surface area contributed by atoms with Crippen LogP contribution in [0.25, 0.3) is 0 Å². The topological polar surface area (TPSA) is 67.2 Å². The fourth-order valence-electron chi connectivity index (χ4n) is 1.03. The maximum absolute atomic E-state index is 12.0. The van der Waals surface area contributed by atoms with Crippen LogP contribution >= 0.6 is 23.3 Å². The fourth-order valence-corrected chi connectivity index (χ4v) is 2.37. The predicted octanol–water partition coefficient (Wildman–Crippen LogP) is 2.38. The fraction of sp³-hybridized carbons (Fsp3) is 0.125. The van der Waals surface area contributed by atoms with Gasteiger partial charge in [0, 0.05) is 21.6 Å². The molecule has 1 aromatic carbocycles. The molecule has 0 aliphatic heterocycles. The number of hydrogen-bond donors (Lipinski definition) is 1. The van der Waals surface area contributed by atoms with Gasteiger partial charge in [0.1, 0.15) is 16.7 Å². The van der Waals surface area contributed by atoms with Crippen molar-refractivity contribution in [2.45, 2.75) is 16.4 Å². The Balaban J connectivity index is 3.42. The molecule has 0 saturated carbocycles. The van der Waals surface area contributed by atoms with E-state index in [1.807, 2.05) is 0 Å². The summed E-state index contributed by atoms with van der Waals surface area (Å²) in [4.78, 5) is -0.670. The first-order valence-corrected chi connectivity index (χ1v) is 6.68. The third-order valence-electron chi connectivity index (χ3n) is 1.66. The molecule has 92 valence electrons. The molecule has 0 saturated heterocycles. The number of thiol groups is 1. The maximum Gasteiger partial charge on any atom is 0.387 e. The highest BCUT2D eigenvalue weighted by Gasteiger charge is 2.20. The second-order valence-corrected chi connectivity index (χ2v) is 5.76. The second kappa shape index (κ2) is 5.08. The molecule has 9 heteroatoms. The molecule has 1 aromatic rings. The molecule has 4 nitrogen and oxygen atoms in total. The molecule has 0 fully saturated rings. The van der Waals surface area contributed by atoms with Crippen LogP contribution in [-0.2, 0) is 9.05 Å². The number of nitriles is 1. The highest BCUT2D eigenvalue weighted by molar-refractivity contribution is 8.13. The van der Waals surface area contributed by atoms with E-state index >= 15 is 0 Å². The van der Waals surface area contributed by atoms with E-state index in [0.29, 0.717) is 0 Å². The van der Waals surface area contributed by atoms with Crippen LogP contribution in [0.5, 0.6) is 5.75 Å². The summed E-state index contributed by atoms with van der Waals surface area (Å²) in [6.45, 7) is -3.11. The van der Waals surface area contributed by atoms with Crippen molar-refractivity contribution >= 4 is 32.4 Å². The van der Waals surface area contributed by atoms with Crippen LogP contribution in [0.2, 0.25) is 0 Å². The minimum absolute atomic E-state index is 0.163. The SMILES string of the molecule is N#Cc1cc(OC(F)F)c(S)cc1S(=O)(=O)Cl. The lowest BCUT2D eigenvalue weighted by atomic mass is 10.2. The van der Waals surface area contributed by atoms with Gasteiger partial charge < -0.3 is 4.74 Å². The van der Waals surface area contributed by atoms with Crippen molar-refractivity contribution in [1.29, 1.82) is 5.26 Å². The number of halogens is 3. The molecule has 0 unspecified atom stereocenters. The van der Waals surface area contributed by atoms with Gasteiger partial charge in [-0.05, 0) is 6.07 Å². The standard InChI is InChI=1S/C8H4ClF2NO3S2/c9-17(13,14)7-2-6(16)5(15-8(10)11)1-4(7)3-12/h1-2,8,16H. The minimum Gasteiger partial charge on any atom is -0.434 e. The molecule has 0 amide bonds. The van der Waals surface area contributed by atoms with Crippen molar-refractivity contribution in [2.24, 2.45) is 0 Å². The van der Waals surface area contributed by atoms with Crippen LogP contribution in [-0.4, -0.2) is 15.0 Å². The number of alkyl halides is 2. The van der Waals surface area contributed by atoms with Gasteiger partial charge in [-0.3, -0.25) is 0 Å². The van der Waals surface area contributed by atoms with Crippen LogP contribution in [0.4, 0.5) is 8.78 Å². The van der Waals surface area contributed by atoms with Gasteiger partial charge >= 0.3 is 6.61 Å². The van der Waals surface area contributed by atoms with E-state index < -0.39 is 31.9 Å². The molecule has 0 aliphatic rings. The predicted molar refractivity (Wildman–Crippen MR) is 58.1 cm³/mol. The quantitative estimate of drug-likeness (QED) is 0.687. The van der Waals surface area contributed by atoms with E-state index in [2.05, 4.69) is 17.4 Å². The van der Waals surface area contributed by atoms with Crippen molar-refractivity contribution in [3.8, 4) is 11.8 Å². The van der Waals surface area contributed by atoms with E-state index in [1.165, 1.54) is 6.07 Å². The molecule has 0 aromatic heterocycles. The zero-order chi connectivity index (χ0) is 13.2. The Morgan fingerprint density at radius 2 is 2.06 bits per heavy atom. The molecular formula is C8H4ClF2NO3S2. The lowest BCUT2D eigenvalue weighted by Gasteiger charge is -2.09. The summed E-state index contributed by atoms with van der Waals surface area (Å²) in [5, 5.41) is 8.69. The van der Waals surface area contributed by atoms with Crippen LogP contribution in [0.15, 0.2) is 21.9 Å². The van der Waals surface area contributed by atoms with E-state index in [9.17, 15) is 17.2 Å². The third kappa shape index (κ3) is 3.46. The van der Waals surface area contributed by atoms with Crippen molar-refractivity contribution in [3.63, 3.8) is 0 Å². The molecule has 0 aliphatic carbocycles. The van der Waals surface area contributed by atoms with Gasteiger partial charge in [-0.1, -0.05) is 0 Å². The smallest absolute Gasteiger partial charge is 0.387 e. The molecule has 0 N–H and O–H groups in total. The second-order valence-electron chi connectivity index (χ2n) is 2.74. The normalized spacial score (nSPS) is 11.3. The lowest BCUT2D eigenvalue weighted by Crippen LogP contribution is -2.04. The Morgan fingerprint density at radius 1 is 1.47 bits per heavy atom. The van der Waals surface area contributed by atoms with Crippen LogP contribution in [0.1, 0.15) is 5.56 Å². The summed E-state index contributed by atoms with van der Waals surface area (Å²) < 4.78 is 50.2. The third-order valence-corrected chi connectivity index (χ3v) is 3.37. The van der Waals surface area contributed by atoms with E-state index in [1.54, 1.807) is 0 Å². The number of rotatable bonds is 3. The average Bonchev–Trinajstić information content (AvgIpc) is 2.18. The maximum atomic E-state index is 12.0. The summed E-state index contributed by atoms with van der Waals surface area (Å²) in [6, 6.07) is 3.23. The van der Waals surface area contributed by atoms with Gasteiger partial charge in [0.05, 0.1) is 5.56 Å². The number of benzene rings is 1. The average molecular weight is 300 g/mol. The monoisotopic (exact) mass is 299 g/mol. The van der Waals surface area contributed by atoms with Gasteiger partial charge in [0.15, 0.2) is 0 Å². The molecule has 0 spiro atoms. The van der Waals surface area contributed by atoms with E-state index in [0.717, 1.165) is 12.1 Å². The summed E-state index contributed by atoms with van der Waals surface area (Å²) in [7, 11) is 0.915. The van der Waals surface area contributed by atoms with Crippen molar-refractivity contribution in [2.75, 3.05) is 0 Å². The Labute approximate surface area is 106 Å². The number of hydrogen-bond acceptors (Lipinski definition) is 5. The van der Waals surface area contributed by atoms with Gasteiger partial charge in [0.2, 0.25) is 0 Å². The summed E-state index contributed by atoms with van der Waals surface area (Å²) >= 11 is 3.77. The summed E-state index contributed by atoms with van der Waals surface area (Å²) in [6.07, 6.45) is 0. The molecule has 0 heterocycles. The van der Waals surface area contributed by atoms with Gasteiger partial charge in [-0.25, -0.2) is 8.42 Å².